The Bertz CT molecular complexity index is 919. The number of nitrogens with zero attached hydrogens (tertiary/aromatic N) is 3. The fraction of sp³-hybridized carbons (Fsp3) is 0.381. The molecular weight excluding hydrogens is 374 g/mol. The van der Waals surface area contributed by atoms with Gasteiger partial charge in [-0.05, 0) is 55.5 Å². The molecule has 1 aromatic heterocycles. The second kappa shape index (κ2) is 7.64. The molecule has 2 heterocycles. The maximum Gasteiger partial charge on any atom is 0.407 e. The van der Waals surface area contributed by atoms with Crippen molar-refractivity contribution in [3.05, 3.63) is 46.8 Å². The number of hydrogen-bond acceptors (Lipinski definition) is 4. The maximum atomic E-state index is 13.2. The lowest BCUT2D eigenvalue weighted by atomic mass is 10.0. The predicted octanol–water partition coefficient (Wildman–Crippen LogP) is 4.03. The summed E-state index contributed by atoms with van der Waals surface area (Å²) in [5.74, 6) is 0.0340. The predicted molar refractivity (Wildman–Crippen MR) is 106 cm³/mol. The number of thiophene rings is 1. The van der Waals surface area contributed by atoms with E-state index in [1.807, 2.05) is 35.2 Å². The number of hydrogen-bond donors (Lipinski definition) is 1. The van der Waals surface area contributed by atoms with Gasteiger partial charge in [0.25, 0.3) is 5.91 Å². The van der Waals surface area contributed by atoms with E-state index in [1.54, 1.807) is 6.07 Å². The molecule has 1 aliphatic heterocycles. The Labute approximate surface area is 167 Å². The molecule has 0 spiro atoms. The van der Waals surface area contributed by atoms with E-state index in [9.17, 15) is 9.59 Å². The first-order valence-corrected chi connectivity index (χ1v) is 10.3. The number of carbonyl (C=O) groups excluding carboxylic acids is 1. The highest BCUT2D eigenvalue weighted by Crippen LogP contribution is 2.34. The number of amides is 2. The highest BCUT2D eigenvalue weighted by Gasteiger charge is 2.39. The van der Waals surface area contributed by atoms with Crippen LogP contribution in [0.5, 0.6) is 0 Å². The normalized spacial score (nSPS) is 17.2. The molecule has 1 saturated carbocycles. The van der Waals surface area contributed by atoms with E-state index in [4.69, 9.17) is 10.4 Å². The minimum atomic E-state index is -0.883. The van der Waals surface area contributed by atoms with Crippen LogP contribution in [0.25, 0.3) is 10.4 Å². The van der Waals surface area contributed by atoms with Gasteiger partial charge in [-0.3, -0.25) is 4.79 Å². The van der Waals surface area contributed by atoms with Gasteiger partial charge in [0, 0.05) is 35.6 Å². The van der Waals surface area contributed by atoms with Gasteiger partial charge in [-0.25, -0.2) is 4.79 Å². The summed E-state index contributed by atoms with van der Waals surface area (Å²) in [7, 11) is 0. The van der Waals surface area contributed by atoms with Gasteiger partial charge < -0.3 is 14.9 Å². The van der Waals surface area contributed by atoms with Crippen molar-refractivity contribution < 1.29 is 14.7 Å². The van der Waals surface area contributed by atoms with E-state index in [-0.39, 0.29) is 18.0 Å². The lowest BCUT2D eigenvalue weighted by Crippen LogP contribution is -2.49. The van der Waals surface area contributed by atoms with Crippen LogP contribution in [0.3, 0.4) is 0 Å². The minimum absolute atomic E-state index is 0.0340. The zero-order chi connectivity index (χ0) is 19.7. The zero-order valence-corrected chi connectivity index (χ0v) is 16.2. The van der Waals surface area contributed by atoms with Crippen LogP contribution in [0.1, 0.15) is 40.9 Å². The molecule has 0 unspecified atom stereocenters. The number of likely N-dealkylation sites (tertiary alicyclic amines) is 1. The second-order valence-corrected chi connectivity index (χ2v) is 8.38. The molecule has 0 atom stereocenters. The first-order valence-electron chi connectivity index (χ1n) is 9.47. The zero-order valence-electron chi connectivity index (χ0n) is 15.4. The monoisotopic (exact) mass is 395 g/mol. The first kappa shape index (κ1) is 18.5. The summed E-state index contributed by atoms with van der Waals surface area (Å²) in [5.41, 5.74) is 1.66. The van der Waals surface area contributed by atoms with Gasteiger partial charge in [0.15, 0.2) is 0 Å². The highest BCUT2D eigenvalue weighted by molar-refractivity contribution is 7.16. The van der Waals surface area contributed by atoms with Crippen LogP contribution >= 0.6 is 11.3 Å². The molecule has 1 saturated heterocycles. The lowest BCUT2D eigenvalue weighted by Gasteiger charge is -2.38. The van der Waals surface area contributed by atoms with Crippen LogP contribution in [0.15, 0.2) is 36.4 Å². The molecule has 144 valence electrons. The molecule has 1 aliphatic carbocycles. The van der Waals surface area contributed by atoms with Gasteiger partial charge >= 0.3 is 6.09 Å². The number of benzene rings is 1. The van der Waals surface area contributed by atoms with Gasteiger partial charge in [-0.1, -0.05) is 12.1 Å². The van der Waals surface area contributed by atoms with Crippen LogP contribution in [-0.2, 0) is 0 Å². The third-order valence-electron chi connectivity index (χ3n) is 5.44. The van der Waals surface area contributed by atoms with Crippen LogP contribution in [0.2, 0.25) is 0 Å². The molecular formula is C21H21N3O3S. The van der Waals surface area contributed by atoms with Crippen molar-refractivity contribution >= 4 is 23.3 Å². The Morgan fingerprint density at radius 1 is 1.04 bits per heavy atom. The quantitative estimate of drug-likeness (QED) is 0.847. The fourth-order valence-corrected chi connectivity index (χ4v) is 4.61. The van der Waals surface area contributed by atoms with Crippen LogP contribution in [0, 0.1) is 11.3 Å². The molecule has 0 radical (unpaired) electrons. The molecule has 6 nitrogen and oxygen atoms in total. The lowest BCUT2D eigenvalue weighted by molar-refractivity contribution is 0.0551. The molecule has 7 heteroatoms. The van der Waals surface area contributed by atoms with Crippen LogP contribution in [-0.4, -0.2) is 52.1 Å². The SMILES string of the molecule is N#Cc1ccc(-c2ccc(C(=O)N(C3CC3)C3CCN(C(=O)O)CC3)cc2)s1. The van der Waals surface area contributed by atoms with E-state index in [0.29, 0.717) is 36.4 Å². The van der Waals surface area contributed by atoms with Crippen molar-refractivity contribution in [1.29, 1.82) is 5.26 Å². The summed E-state index contributed by atoms with van der Waals surface area (Å²) in [6.45, 7) is 0.962. The van der Waals surface area contributed by atoms with Crippen molar-refractivity contribution in [2.24, 2.45) is 0 Å². The Hall–Kier alpha value is -2.85. The molecule has 2 fully saturated rings. The van der Waals surface area contributed by atoms with Crippen molar-refractivity contribution in [3.8, 4) is 16.5 Å². The number of nitriles is 1. The largest absolute Gasteiger partial charge is 0.465 e. The number of rotatable bonds is 4. The first-order chi connectivity index (χ1) is 13.6. The van der Waals surface area contributed by atoms with Crippen molar-refractivity contribution in [2.75, 3.05) is 13.1 Å². The molecule has 2 amide bonds. The van der Waals surface area contributed by atoms with Crippen molar-refractivity contribution in [1.82, 2.24) is 9.80 Å². The summed E-state index contributed by atoms with van der Waals surface area (Å²) in [6, 6.07) is 13.8. The third kappa shape index (κ3) is 3.73. The molecule has 1 aromatic carbocycles. The van der Waals surface area contributed by atoms with Gasteiger partial charge in [-0.2, -0.15) is 5.26 Å². The average molecular weight is 395 g/mol. The van der Waals surface area contributed by atoms with E-state index < -0.39 is 6.09 Å². The summed E-state index contributed by atoms with van der Waals surface area (Å²) < 4.78 is 0. The van der Waals surface area contributed by atoms with Crippen molar-refractivity contribution in [2.45, 2.75) is 37.8 Å². The van der Waals surface area contributed by atoms with Gasteiger partial charge in [0.2, 0.25) is 0 Å². The Morgan fingerprint density at radius 2 is 1.68 bits per heavy atom. The average Bonchev–Trinajstić information content (AvgIpc) is 3.43. The molecule has 2 aliphatic rings. The molecule has 28 heavy (non-hydrogen) atoms. The van der Waals surface area contributed by atoms with Crippen LogP contribution < -0.4 is 0 Å². The fourth-order valence-electron chi connectivity index (χ4n) is 3.80. The number of carboxylic acid groups (broad SMARTS) is 1. The van der Waals surface area contributed by atoms with Crippen molar-refractivity contribution in [3.63, 3.8) is 0 Å². The number of carbonyl (C=O) groups is 2. The Morgan fingerprint density at radius 3 is 2.21 bits per heavy atom. The molecule has 0 bridgehead atoms. The Kier molecular flexibility index (Phi) is 5.05. The summed E-state index contributed by atoms with van der Waals surface area (Å²) in [5, 5.41) is 18.1. The van der Waals surface area contributed by atoms with E-state index in [1.165, 1.54) is 16.2 Å². The second-order valence-electron chi connectivity index (χ2n) is 7.30. The van der Waals surface area contributed by atoms with Crippen LogP contribution in [0.4, 0.5) is 4.79 Å². The third-order valence-corrected chi connectivity index (χ3v) is 6.47. The van der Waals surface area contributed by atoms with Gasteiger partial charge in [-0.15, -0.1) is 11.3 Å². The number of piperidine rings is 1. The minimum Gasteiger partial charge on any atom is -0.465 e. The molecule has 2 aromatic rings. The molecule has 1 N–H and O–H groups in total. The molecule has 4 rings (SSSR count). The van der Waals surface area contributed by atoms with Gasteiger partial charge in [0.05, 0.1) is 0 Å². The highest BCUT2D eigenvalue weighted by atomic mass is 32.1. The van der Waals surface area contributed by atoms with E-state index >= 15 is 0 Å². The van der Waals surface area contributed by atoms with Gasteiger partial charge in [0.1, 0.15) is 10.9 Å². The Balaban J connectivity index is 1.49. The topological polar surface area (TPSA) is 84.6 Å². The van der Waals surface area contributed by atoms with E-state index in [2.05, 4.69) is 6.07 Å². The maximum absolute atomic E-state index is 13.2. The van der Waals surface area contributed by atoms with E-state index in [0.717, 1.165) is 23.3 Å². The summed E-state index contributed by atoms with van der Waals surface area (Å²) in [6.07, 6.45) is 2.55. The summed E-state index contributed by atoms with van der Waals surface area (Å²) >= 11 is 1.44. The summed E-state index contributed by atoms with van der Waals surface area (Å²) in [4.78, 5) is 29.4. The standard InChI is InChI=1S/C21H21N3O3S/c22-13-18-7-8-19(28-18)14-1-3-15(4-2-14)20(25)24(16-5-6-16)17-9-11-23(12-10-17)21(26)27/h1-4,7-8,16-17H,5-6,9-12H2,(H,26,27). The smallest absolute Gasteiger partial charge is 0.407 e.